The van der Waals surface area contributed by atoms with Gasteiger partial charge in [0.1, 0.15) is 6.61 Å². The van der Waals surface area contributed by atoms with E-state index in [-0.39, 0.29) is 0 Å². The molecule has 1 fully saturated rings. The smallest absolute Gasteiger partial charge is 0.166 e. The summed E-state index contributed by atoms with van der Waals surface area (Å²) in [5, 5.41) is 0. The number of nitrogens with zero attached hydrogens (tertiary/aromatic N) is 2. The van der Waals surface area contributed by atoms with Crippen molar-refractivity contribution in [3.63, 3.8) is 0 Å². The molecular weight excluding hydrogens is 266 g/mol. The SMILES string of the molecule is CCOc1cccc(CN)c1OCc1cncn1C1CC1. The minimum Gasteiger partial charge on any atom is -0.490 e. The predicted molar refractivity (Wildman–Crippen MR) is 80.3 cm³/mol. The molecule has 0 unspecified atom stereocenters. The number of para-hydroxylation sites is 1. The summed E-state index contributed by atoms with van der Waals surface area (Å²) in [5.41, 5.74) is 7.85. The Labute approximate surface area is 124 Å². The summed E-state index contributed by atoms with van der Waals surface area (Å²) in [4.78, 5) is 4.22. The lowest BCUT2D eigenvalue weighted by Crippen LogP contribution is -2.08. The maximum absolute atomic E-state index is 6.01. The zero-order valence-electron chi connectivity index (χ0n) is 12.3. The van der Waals surface area contributed by atoms with Gasteiger partial charge in [-0.15, -0.1) is 0 Å². The van der Waals surface area contributed by atoms with E-state index in [0.29, 0.717) is 25.8 Å². The van der Waals surface area contributed by atoms with E-state index in [4.69, 9.17) is 15.2 Å². The number of benzene rings is 1. The fourth-order valence-electron chi connectivity index (χ4n) is 2.43. The minimum atomic E-state index is 0.429. The van der Waals surface area contributed by atoms with Crippen LogP contribution in [0.4, 0.5) is 0 Å². The van der Waals surface area contributed by atoms with E-state index in [9.17, 15) is 0 Å². The maximum atomic E-state index is 6.01. The van der Waals surface area contributed by atoms with Gasteiger partial charge in [0, 0.05) is 18.2 Å². The summed E-state index contributed by atoms with van der Waals surface area (Å²) in [7, 11) is 0. The number of hydrogen-bond donors (Lipinski definition) is 1. The average molecular weight is 287 g/mol. The monoisotopic (exact) mass is 287 g/mol. The molecule has 112 valence electrons. The number of ether oxygens (including phenoxy) is 2. The number of hydrogen-bond acceptors (Lipinski definition) is 4. The molecule has 0 atom stereocenters. The van der Waals surface area contributed by atoms with Crippen LogP contribution in [0.5, 0.6) is 11.5 Å². The molecule has 2 N–H and O–H groups in total. The number of rotatable bonds is 7. The van der Waals surface area contributed by atoms with Gasteiger partial charge in [0.25, 0.3) is 0 Å². The van der Waals surface area contributed by atoms with E-state index >= 15 is 0 Å². The third-order valence-electron chi connectivity index (χ3n) is 3.63. The molecule has 0 aliphatic heterocycles. The lowest BCUT2D eigenvalue weighted by Gasteiger charge is -2.15. The van der Waals surface area contributed by atoms with Crippen molar-refractivity contribution in [2.75, 3.05) is 6.61 Å². The van der Waals surface area contributed by atoms with E-state index in [2.05, 4.69) is 9.55 Å². The van der Waals surface area contributed by atoms with Crippen LogP contribution in [0.25, 0.3) is 0 Å². The molecule has 0 radical (unpaired) electrons. The quantitative estimate of drug-likeness (QED) is 0.850. The van der Waals surface area contributed by atoms with Crippen molar-refractivity contribution >= 4 is 0 Å². The Morgan fingerprint density at radius 1 is 1.33 bits per heavy atom. The lowest BCUT2D eigenvalue weighted by atomic mass is 10.2. The second-order valence-electron chi connectivity index (χ2n) is 5.19. The zero-order chi connectivity index (χ0) is 14.7. The van der Waals surface area contributed by atoms with Crippen molar-refractivity contribution in [3.05, 3.63) is 42.0 Å². The first-order chi connectivity index (χ1) is 10.3. The first-order valence-electron chi connectivity index (χ1n) is 7.41. The summed E-state index contributed by atoms with van der Waals surface area (Å²) >= 11 is 0. The van der Waals surface area contributed by atoms with E-state index in [1.807, 2.05) is 37.6 Å². The molecule has 0 saturated heterocycles. The first-order valence-corrected chi connectivity index (χ1v) is 7.41. The Hall–Kier alpha value is -2.01. The topological polar surface area (TPSA) is 62.3 Å². The van der Waals surface area contributed by atoms with Crippen molar-refractivity contribution in [1.29, 1.82) is 0 Å². The Bertz CT molecular complexity index is 605. The van der Waals surface area contributed by atoms with Crippen LogP contribution >= 0.6 is 0 Å². The maximum Gasteiger partial charge on any atom is 0.166 e. The number of nitrogens with two attached hydrogens (primary N) is 1. The normalized spacial score (nSPS) is 14.2. The van der Waals surface area contributed by atoms with E-state index in [0.717, 1.165) is 22.8 Å². The van der Waals surface area contributed by atoms with Gasteiger partial charge >= 0.3 is 0 Å². The largest absolute Gasteiger partial charge is 0.490 e. The Balaban J connectivity index is 1.78. The highest BCUT2D eigenvalue weighted by molar-refractivity contribution is 5.46. The standard InChI is InChI=1S/C16H21N3O2/c1-2-20-15-5-3-4-12(8-17)16(15)21-10-14-9-18-11-19(14)13-6-7-13/h3-5,9,11,13H,2,6-8,10,17H2,1H3. The number of aromatic nitrogens is 2. The van der Waals surface area contributed by atoms with Gasteiger partial charge < -0.3 is 19.8 Å². The molecule has 2 aromatic rings. The van der Waals surface area contributed by atoms with Crippen LogP contribution in [0, 0.1) is 0 Å². The van der Waals surface area contributed by atoms with Gasteiger partial charge in [-0.25, -0.2) is 4.98 Å². The first kappa shape index (κ1) is 13.9. The molecule has 5 nitrogen and oxygen atoms in total. The minimum absolute atomic E-state index is 0.429. The van der Waals surface area contributed by atoms with Crippen LogP contribution in [0.1, 0.15) is 37.1 Å². The van der Waals surface area contributed by atoms with E-state index in [1.165, 1.54) is 12.8 Å². The van der Waals surface area contributed by atoms with Gasteiger partial charge in [-0.05, 0) is 25.8 Å². The molecule has 1 aliphatic carbocycles. The third-order valence-corrected chi connectivity index (χ3v) is 3.63. The highest BCUT2D eigenvalue weighted by atomic mass is 16.5. The van der Waals surface area contributed by atoms with Gasteiger partial charge in [-0.1, -0.05) is 12.1 Å². The predicted octanol–water partition coefficient (Wildman–Crippen LogP) is 2.65. The summed E-state index contributed by atoms with van der Waals surface area (Å²) in [6, 6.07) is 6.42. The van der Waals surface area contributed by atoms with E-state index in [1.54, 1.807) is 0 Å². The molecule has 1 aromatic carbocycles. The fraction of sp³-hybridized carbons (Fsp3) is 0.438. The molecule has 1 aromatic heterocycles. The summed E-state index contributed by atoms with van der Waals surface area (Å²) < 4.78 is 13.8. The number of imidazole rings is 1. The van der Waals surface area contributed by atoms with Crippen LogP contribution in [0.3, 0.4) is 0 Å². The van der Waals surface area contributed by atoms with Crippen molar-refractivity contribution in [2.45, 2.75) is 39.0 Å². The molecule has 0 amide bonds. The highest BCUT2D eigenvalue weighted by Gasteiger charge is 2.25. The summed E-state index contributed by atoms with van der Waals surface area (Å²) in [5.74, 6) is 1.49. The van der Waals surface area contributed by atoms with Crippen LogP contribution < -0.4 is 15.2 Å². The van der Waals surface area contributed by atoms with Crippen molar-refractivity contribution in [3.8, 4) is 11.5 Å². The average Bonchev–Trinajstić information content (AvgIpc) is 3.25. The highest BCUT2D eigenvalue weighted by Crippen LogP contribution is 2.36. The molecule has 21 heavy (non-hydrogen) atoms. The molecule has 1 saturated carbocycles. The third kappa shape index (κ3) is 3.03. The van der Waals surface area contributed by atoms with Gasteiger partial charge in [-0.2, -0.15) is 0 Å². The molecule has 0 spiro atoms. The van der Waals surface area contributed by atoms with Crippen molar-refractivity contribution < 1.29 is 9.47 Å². The molecule has 1 heterocycles. The fourth-order valence-corrected chi connectivity index (χ4v) is 2.43. The van der Waals surface area contributed by atoms with Crippen LogP contribution in [-0.4, -0.2) is 16.2 Å². The van der Waals surface area contributed by atoms with Crippen molar-refractivity contribution in [1.82, 2.24) is 9.55 Å². The molecule has 1 aliphatic rings. The Morgan fingerprint density at radius 3 is 2.90 bits per heavy atom. The van der Waals surface area contributed by atoms with Crippen molar-refractivity contribution in [2.24, 2.45) is 5.73 Å². The van der Waals surface area contributed by atoms with E-state index < -0.39 is 0 Å². The second kappa shape index (κ2) is 6.18. The molecule has 3 rings (SSSR count). The van der Waals surface area contributed by atoms with Gasteiger partial charge in [0.2, 0.25) is 0 Å². The zero-order valence-corrected chi connectivity index (χ0v) is 12.3. The molecule has 0 bridgehead atoms. The summed E-state index contributed by atoms with van der Waals surface area (Å²) in [6.07, 6.45) is 6.21. The molecular formula is C16H21N3O2. The second-order valence-corrected chi connectivity index (χ2v) is 5.19. The Kier molecular flexibility index (Phi) is 4.10. The van der Waals surface area contributed by atoms with Crippen LogP contribution in [-0.2, 0) is 13.2 Å². The molecule has 5 heteroatoms. The van der Waals surface area contributed by atoms with Gasteiger partial charge in [0.15, 0.2) is 11.5 Å². The van der Waals surface area contributed by atoms with Gasteiger partial charge in [0.05, 0.1) is 24.8 Å². The Morgan fingerprint density at radius 2 is 2.19 bits per heavy atom. The summed E-state index contributed by atoms with van der Waals surface area (Å²) in [6.45, 7) is 3.47. The lowest BCUT2D eigenvalue weighted by molar-refractivity contribution is 0.260. The van der Waals surface area contributed by atoms with Crippen LogP contribution in [0.15, 0.2) is 30.7 Å². The van der Waals surface area contributed by atoms with Crippen LogP contribution in [0.2, 0.25) is 0 Å². The van der Waals surface area contributed by atoms with Gasteiger partial charge in [-0.3, -0.25) is 0 Å².